The van der Waals surface area contributed by atoms with Gasteiger partial charge < -0.3 is 16.0 Å². The summed E-state index contributed by atoms with van der Waals surface area (Å²) >= 11 is 1.98. The zero-order valence-corrected chi connectivity index (χ0v) is 13.6. The third-order valence-corrected chi connectivity index (χ3v) is 4.50. The lowest BCUT2D eigenvalue weighted by atomic mass is 10.2. The van der Waals surface area contributed by atoms with Crippen molar-refractivity contribution in [3.8, 4) is 0 Å². The number of thioether (sulfide) groups is 1. The maximum atomic E-state index is 11.3. The third kappa shape index (κ3) is 3.70. The van der Waals surface area contributed by atoms with E-state index in [0.29, 0.717) is 17.3 Å². The summed E-state index contributed by atoms with van der Waals surface area (Å²) in [4.78, 5) is 26.2. The summed E-state index contributed by atoms with van der Waals surface area (Å²) in [6, 6.07) is 3.91. The lowest BCUT2D eigenvalue weighted by molar-refractivity contribution is 0.101. The van der Waals surface area contributed by atoms with Gasteiger partial charge in [-0.25, -0.2) is 9.97 Å². The molecule has 3 heterocycles. The van der Waals surface area contributed by atoms with Gasteiger partial charge in [-0.15, -0.1) is 0 Å². The van der Waals surface area contributed by atoms with Crippen molar-refractivity contribution < 1.29 is 4.79 Å². The van der Waals surface area contributed by atoms with Crippen LogP contribution < -0.4 is 16.0 Å². The Balaban J connectivity index is 1.70. The van der Waals surface area contributed by atoms with Gasteiger partial charge >= 0.3 is 0 Å². The van der Waals surface area contributed by atoms with Gasteiger partial charge in [0.25, 0.3) is 0 Å². The van der Waals surface area contributed by atoms with Crippen molar-refractivity contribution >= 4 is 40.8 Å². The van der Waals surface area contributed by atoms with E-state index in [1.165, 1.54) is 13.1 Å². The van der Waals surface area contributed by atoms with Crippen molar-refractivity contribution in [2.24, 2.45) is 0 Å². The lowest BCUT2D eigenvalue weighted by Crippen LogP contribution is -2.32. The molecule has 0 aliphatic carbocycles. The van der Waals surface area contributed by atoms with E-state index in [4.69, 9.17) is 5.73 Å². The fourth-order valence-corrected chi connectivity index (χ4v) is 3.21. The Bertz CT molecular complexity index is 700. The van der Waals surface area contributed by atoms with E-state index in [2.05, 4.69) is 25.2 Å². The molecule has 120 valence electrons. The number of carbonyl (C=O) groups is 1. The van der Waals surface area contributed by atoms with E-state index >= 15 is 0 Å². The van der Waals surface area contributed by atoms with Gasteiger partial charge in [-0.1, -0.05) is 0 Å². The number of nitrogen functional groups attached to an aromatic ring is 1. The smallest absolute Gasteiger partial charge is 0.230 e. The second-order valence-electron chi connectivity index (χ2n) is 5.17. The van der Waals surface area contributed by atoms with E-state index in [1.54, 1.807) is 0 Å². The first-order valence-corrected chi connectivity index (χ1v) is 8.48. The summed E-state index contributed by atoms with van der Waals surface area (Å²) < 4.78 is 0. The number of rotatable bonds is 4. The molecule has 0 radical (unpaired) electrons. The number of hydrogen-bond donors (Lipinski definition) is 2. The van der Waals surface area contributed by atoms with Crippen LogP contribution in [-0.2, 0) is 0 Å². The summed E-state index contributed by atoms with van der Waals surface area (Å²) in [5.74, 6) is 3.26. The van der Waals surface area contributed by atoms with Crippen LogP contribution in [0.4, 0.5) is 23.3 Å². The average molecular weight is 330 g/mol. The van der Waals surface area contributed by atoms with Crippen molar-refractivity contribution in [3.63, 3.8) is 0 Å². The first kappa shape index (κ1) is 15.5. The number of nitrogens with zero attached hydrogens (tertiary/aromatic N) is 4. The highest BCUT2D eigenvalue weighted by molar-refractivity contribution is 7.99. The Morgan fingerprint density at radius 2 is 2.04 bits per heavy atom. The van der Waals surface area contributed by atoms with E-state index < -0.39 is 0 Å². The Labute approximate surface area is 138 Å². The molecule has 1 saturated heterocycles. The molecule has 2 aromatic rings. The maximum absolute atomic E-state index is 11.3. The van der Waals surface area contributed by atoms with Gasteiger partial charge in [-0.05, 0) is 19.1 Å². The number of ketones is 1. The first-order valence-electron chi connectivity index (χ1n) is 7.33. The van der Waals surface area contributed by atoms with Gasteiger partial charge in [0, 0.05) is 30.8 Å². The summed E-state index contributed by atoms with van der Waals surface area (Å²) in [5.41, 5.74) is 7.19. The quantitative estimate of drug-likeness (QED) is 0.821. The van der Waals surface area contributed by atoms with Crippen LogP contribution in [0, 0.1) is 0 Å². The van der Waals surface area contributed by atoms with Gasteiger partial charge in [0.15, 0.2) is 5.78 Å². The van der Waals surface area contributed by atoms with E-state index in [0.717, 1.165) is 30.3 Å². The van der Waals surface area contributed by atoms with Crippen LogP contribution in [0.1, 0.15) is 17.3 Å². The number of Topliss-reactive ketones (excluding diaryl/α,β-unsaturated/α-hetero) is 1. The Morgan fingerprint density at radius 1 is 1.26 bits per heavy atom. The van der Waals surface area contributed by atoms with Gasteiger partial charge in [0.1, 0.15) is 11.6 Å². The van der Waals surface area contributed by atoms with Crippen molar-refractivity contribution in [3.05, 3.63) is 30.1 Å². The zero-order chi connectivity index (χ0) is 16.2. The highest BCUT2D eigenvalue weighted by Gasteiger charge is 2.12. The SMILES string of the molecule is CC(=O)c1cnc(Nc2ccc(N3CCSCC3)cn2)nc1N. The third-order valence-electron chi connectivity index (χ3n) is 3.56. The largest absolute Gasteiger partial charge is 0.383 e. The molecule has 0 unspecified atom stereocenters. The molecule has 0 saturated carbocycles. The van der Waals surface area contributed by atoms with Crippen LogP contribution in [0.5, 0.6) is 0 Å². The Kier molecular flexibility index (Phi) is 4.61. The van der Waals surface area contributed by atoms with E-state index in [1.807, 2.05) is 30.1 Å². The number of nitrogens with one attached hydrogen (secondary N) is 1. The first-order chi connectivity index (χ1) is 11.1. The van der Waals surface area contributed by atoms with Crippen molar-refractivity contribution in [2.45, 2.75) is 6.92 Å². The standard InChI is InChI=1S/C15H18N6OS/c1-10(22)12-9-18-15(20-14(12)16)19-13-3-2-11(8-17-13)21-4-6-23-7-5-21/h2-3,8-9H,4-7H2,1H3,(H3,16,17,18,19,20). The summed E-state index contributed by atoms with van der Waals surface area (Å²) in [7, 11) is 0. The van der Waals surface area contributed by atoms with Crippen LogP contribution >= 0.6 is 11.8 Å². The van der Waals surface area contributed by atoms with Gasteiger partial charge in [-0.2, -0.15) is 16.7 Å². The molecule has 3 rings (SSSR count). The molecule has 2 aromatic heterocycles. The molecule has 0 aromatic carbocycles. The van der Waals surface area contributed by atoms with Gasteiger partial charge in [0.2, 0.25) is 5.95 Å². The molecule has 3 N–H and O–H groups in total. The number of aromatic nitrogens is 3. The van der Waals surface area contributed by atoms with Crippen molar-refractivity contribution in [1.82, 2.24) is 15.0 Å². The van der Waals surface area contributed by atoms with Crippen molar-refractivity contribution in [2.75, 3.05) is 40.5 Å². The number of anilines is 4. The molecule has 0 atom stereocenters. The molecule has 1 aliphatic heterocycles. The number of nitrogens with two attached hydrogens (primary N) is 1. The highest BCUT2D eigenvalue weighted by Crippen LogP contribution is 2.21. The van der Waals surface area contributed by atoms with Gasteiger partial charge in [0.05, 0.1) is 17.4 Å². The zero-order valence-electron chi connectivity index (χ0n) is 12.8. The second-order valence-corrected chi connectivity index (χ2v) is 6.40. The molecule has 23 heavy (non-hydrogen) atoms. The van der Waals surface area contributed by atoms with Crippen LogP contribution in [0.2, 0.25) is 0 Å². The molecule has 7 nitrogen and oxygen atoms in total. The lowest BCUT2D eigenvalue weighted by Gasteiger charge is -2.28. The van der Waals surface area contributed by atoms with Crippen LogP contribution in [-0.4, -0.2) is 45.3 Å². The fraction of sp³-hybridized carbons (Fsp3) is 0.333. The predicted octanol–water partition coefficient (Wildman–Crippen LogP) is 1.95. The van der Waals surface area contributed by atoms with Crippen molar-refractivity contribution in [1.29, 1.82) is 0 Å². The number of hydrogen-bond acceptors (Lipinski definition) is 8. The Morgan fingerprint density at radius 3 is 2.65 bits per heavy atom. The molecule has 8 heteroatoms. The highest BCUT2D eigenvalue weighted by atomic mass is 32.2. The fourth-order valence-electron chi connectivity index (χ4n) is 2.31. The molecule has 1 aliphatic rings. The molecule has 0 spiro atoms. The molecule has 0 amide bonds. The molecular formula is C15H18N6OS. The summed E-state index contributed by atoms with van der Waals surface area (Å²) in [5, 5.41) is 2.99. The Hall–Kier alpha value is -2.35. The monoisotopic (exact) mass is 330 g/mol. The molecular weight excluding hydrogens is 312 g/mol. The predicted molar refractivity (Wildman–Crippen MR) is 93.5 cm³/mol. The molecule has 0 bridgehead atoms. The van der Waals surface area contributed by atoms with E-state index in [9.17, 15) is 4.79 Å². The van der Waals surface area contributed by atoms with Crippen LogP contribution in [0.15, 0.2) is 24.5 Å². The minimum atomic E-state index is -0.156. The maximum Gasteiger partial charge on any atom is 0.230 e. The number of carbonyl (C=O) groups excluding carboxylic acids is 1. The average Bonchev–Trinajstić information content (AvgIpc) is 2.56. The van der Waals surface area contributed by atoms with Crippen LogP contribution in [0.25, 0.3) is 0 Å². The van der Waals surface area contributed by atoms with Crippen LogP contribution in [0.3, 0.4) is 0 Å². The topological polar surface area (TPSA) is 97.0 Å². The summed E-state index contributed by atoms with van der Waals surface area (Å²) in [6.45, 7) is 3.53. The molecule has 1 fully saturated rings. The minimum absolute atomic E-state index is 0.156. The normalized spacial score (nSPS) is 14.6. The van der Waals surface area contributed by atoms with E-state index in [-0.39, 0.29) is 11.6 Å². The number of pyridine rings is 1. The minimum Gasteiger partial charge on any atom is -0.383 e. The van der Waals surface area contributed by atoms with Gasteiger partial charge in [-0.3, -0.25) is 4.79 Å². The summed E-state index contributed by atoms with van der Waals surface area (Å²) in [6.07, 6.45) is 3.26. The second kappa shape index (κ2) is 6.82.